The Balaban J connectivity index is 1.03. The molecule has 0 radical (unpaired) electrons. The normalized spacial score (nSPS) is 34.0. The van der Waals surface area contributed by atoms with E-state index >= 15 is 0 Å². The van der Waals surface area contributed by atoms with Gasteiger partial charge in [0.05, 0.1) is 24.4 Å². The number of anilines is 2. The summed E-state index contributed by atoms with van der Waals surface area (Å²) in [5.74, 6) is -7.09. The Morgan fingerprint density at radius 3 is 2.09 bits per heavy atom. The van der Waals surface area contributed by atoms with E-state index in [2.05, 4.69) is 35.1 Å². The van der Waals surface area contributed by atoms with Crippen LogP contribution in [-0.2, 0) is 49.4 Å². The number of rotatable bonds is 10. The number of cyclic esters (lactones) is 1. The minimum atomic E-state index is -2.49. The fourth-order valence-corrected chi connectivity index (χ4v) is 12.5. The highest BCUT2D eigenvalue weighted by Crippen LogP contribution is 2.38. The number of piperidine rings is 1. The number of carbonyl (C=O) groups excluding carboxylic acids is 5. The number of amides is 2. The van der Waals surface area contributed by atoms with Crippen molar-refractivity contribution in [1.82, 2.24) is 30.2 Å². The van der Waals surface area contributed by atoms with E-state index in [9.17, 15) is 44.4 Å². The molecule has 3 saturated heterocycles. The summed E-state index contributed by atoms with van der Waals surface area (Å²) in [6, 6.07) is -2.13. The molecular formula is C64H95N9O14. The molecule has 7 N–H and O–H groups in total. The van der Waals surface area contributed by atoms with Gasteiger partial charge in [-0.2, -0.15) is 0 Å². The standard InChI is InChI=1S/C64H95N9O14/c1-38-15-11-10-12-16-40(3)52(83-8)31-47-20-18-44(7)64(82,87-47)58(78)59(79)73-22-14-13-17-49(73)60(80)85-53(32-50(74)41(4)28-43(6)56(76)57(77)55(75)42(5)27-38)48(65)29-45-19-21-51(54(30-45)84-9)86-63(81)70-37-46-35-68-62(69-36-46)72-25-23-71(24-26-72)61-66-33-39(2)34-67-61/h10-12,15-16,28,33-36,38,41-42,44-45,47-54,56-57,74,76-77,82H,13-14,17-27,29-32,37,65H2,1-9H3,(H,70,81)/b12-10?,15-11+,40-16?,43-28+/t38-,41-,42-,44-,45+,47+,48-,49+,50-,51-,52+,53+,54-,56-,57+,64-/m1/s1. The minimum Gasteiger partial charge on any atom is -0.459 e. The van der Waals surface area contributed by atoms with Crippen LogP contribution in [0.15, 0.2) is 72.4 Å². The van der Waals surface area contributed by atoms with Gasteiger partial charge in [0.2, 0.25) is 17.7 Å². The summed E-state index contributed by atoms with van der Waals surface area (Å²) in [5, 5.41) is 49.2. The first-order valence-electron chi connectivity index (χ1n) is 31.1. The lowest BCUT2D eigenvalue weighted by atomic mass is 9.80. The molecule has 23 nitrogen and oxygen atoms in total. The average molecular weight is 1210 g/mol. The van der Waals surface area contributed by atoms with Crippen molar-refractivity contribution >= 4 is 41.4 Å². The van der Waals surface area contributed by atoms with E-state index in [-0.39, 0.29) is 56.2 Å². The Bertz CT molecular complexity index is 2740. The highest BCUT2D eigenvalue weighted by atomic mass is 16.6. The summed E-state index contributed by atoms with van der Waals surface area (Å²) in [4.78, 5) is 93.6. The summed E-state index contributed by atoms with van der Waals surface area (Å²) in [7, 11) is 3.09. The molecular weight excluding hydrogens is 1120 g/mol. The number of nitrogens with two attached hydrogens (primary N) is 1. The zero-order valence-corrected chi connectivity index (χ0v) is 52.2. The van der Waals surface area contributed by atoms with E-state index in [1.54, 1.807) is 65.7 Å². The minimum absolute atomic E-state index is 0.0276. The maximum absolute atomic E-state index is 14.6. The van der Waals surface area contributed by atoms with E-state index < -0.39 is 114 Å². The molecule has 0 unspecified atom stereocenters. The van der Waals surface area contributed by atoms with Crippen molar-refractivity contribution in [3.8, 4) is 0 Å². The van der Waals surface area contributed by atoms with E-state index in [0.717, 1.165) is 29.1 Å². The lowest BCUT2D eigenvalue weighted by Gasteiger charge is -2.42. The lowest BCUT2D eigenvalue weighted by molar-refractivity contribution is -0.265. The summed E-state index contributed by atoms with van der Waals surface area (Å²) in [6.45, 7) is 15.4. The maximum Gasteiger partial charge on any atom is 0.407 e. The highest BCUT2D eigenvalue weighted by Gasteiger charge is 2.53. The van der Waals surface area contributed by atoms with Crippen LogP contribution in [0.2, 0.25) is 0 Å². The SMILES string of the molecule is CO[C@H]1C[C@@H]2CC[C@@H](C)[C@@](O)(O2)C(=O)C(=O)N2CCCC[C@H]2C(=O)O[C@H]([C@H](N)C[C@@H]2CC[C@@H](OC(=O)NCc3cnc(N4CCN(c5ncc(C)cn5)CC4)nc3)[C@H](OC)C2)C[C@@H](O)[C@H](C)/C=C(\C)[C@@H](O)[C@@H](O)C(=O)[C@H](C)C[C@H](C)/C=C/C=CC=C1C. The number of carbonyl (C=O) groups is 5. The van der Waals surface area contributed by atoms with Gasteiger partial charge >= 0.3 is 12.1 Å². The Kier molecular flexibility index (Phi) is 25.1. The maximum atomic E-state index is 14.6. The molecule has 4 aliphatic heterocycles. The third-order valence-corrected chi connectivity index (χ3v) is 18.1. The summed E-state index contributed by atoms with van der Waals surface area (Å²) < 4.78 is 30.1. The number of Topliss-reactive ketones (excluding diaryl/α,β-unsaturated/α-hetero) is 2. The predicted molar refractivity (Wildman–Crippen MR) is 324 cm³/mol. The molecule has 23 heteroatoms. The molecule has 1 saturated carbocycles. The molecule has 2 amide bonds. The number of aromatic nitrogens is 4. The van der Waals surface area contributed by atoms with Crippen LogP contribution < -0.4 is 20.9 Å². The molecule has 4 fully saturated rings. The first-order chi connectivity index (χ1) is 41.5. The predicted octanol–water partition coefficient (Wildman–Crippen LogP) is 5.16. The van der Waals surface area contributed by atoms with Gasteiger partial charge in [-0.05, 0) is 114 Å². The molecule has 16 atom stereocenters. The summed E-state index contributed by atoms with van der Waals surface area (Å²) >= 11 is 0. The van der Waals surface area contributed by atoms with Crippen LogP contribution in [0.3, 0.4) is 0 Å². The summed E-state index contributed by atoms with van der Waals surface area (Å²) in [5.41, 5.74) is 9.82. The van der Waals surface area contributed by atoms with Gasteiger partial charge in [0.1, 0.15) is 30.5 Å². The van der Waals surface area contributed by atoms with Crippen LogP contribution in [-0.4, -0.2) is 188 Å². The molecule has 7 rings (SSSR count). The van der Waals surface area contributed by atoms with Gasteiger partial charge in [0.25, 0.3) is 11.7 Å². The number of hydrogen-bond donors (Lipinski definition) is 6. The topological polar surface area (TPSA) is 312 Å². The number of fused-ring (bicyclic) bond motifs is 3. The van der Waals surface area contributed by atoms with E-state index in [1.807, 2.05) is 51.2 Å². The number of nitrogens with zero attached hydrogens (tertiary/aromatic N) is 7. The molecule has 0 aromatic carbocycles. The fourth-order valence-electron chi connectivity index (χ4n) is 12.5. The second-order valence-corrected chi connectivity index (χ2v) is 24.9. The molecule has 0 spiro atoms. The number of aryl methyl sites for hydroxylation is 1. The highest BCUT2D eigenvalue weighted by molar-refractivity contribution is 6.39. The zero-order chi connectivity index (χ0) is 63.1. The lowest BCUT2D eigenvalue weighted by Crippen LogP contribution is -2.61. The van der Waals surface area contributed by atoms with Crippen LogP contribution in [0, 0.1) is 36.5 Å². The van der Waals surface area contributed by atoms with Crippen molar-refractivity contribution in [2.24, 2.45) is 35.3 Å². The van der Waals surface area contributed by atoms with Crippen molar-refractivity contribution in [2.45, 2.75) is 199 Å². The Labute approximate surface area is 512 Å². The summed E-state index contributed by atoms with van der Waals surface area (Å²) in [6.07, 6.45) is 13.5. The molecule has 5 aliphatic rings. The van der Waals surface area contributed by atoms with Crippen molar-refractivity contribution in [1.29, 1.82) is 0 Å². The molecule has 2 aromatic heterocycles. The van der Waals surface area contributed by atoms with Crippen molar-refractivity contribution < 1.29 is 68.1 Å². The van der Waals surface area contributed by atoms with Gasteiger partial charge in [0.15, 0.2) is 5.78 Å². The van der Waals surface area contributed by atoms with Gasteiger partial charge in [-0.1, -0.05) is 64.2 Å². The van der Waals surface area contributed by atoms with Crippen LogP contribution >= 0.6 is 0 Å². The molecule has 2 aromatic rings. The van der Waals surface area contributed by atoms with Crippen molar-refractivity contribution in [2.75, 3.05) is 56.7 Å². The first kappa shape index (κ1) is 68.4. The number of aliphatic hydroxyl groups is 4. The van der Waals surface area contributed by atoms with Crippen LogP contribution in [0.5, 0.6) is 0 Å². The largest absolute Gasteiger partial charge is 0.459 e. The number of alkyl carbamates (subject to hydrolysis) is 1. The smallest absolute Gasteiger partial charge is 0.407 e. The Hall–Kier alpha value is -6.05. The van der Waals surface area contributed by atoms with Crippen molar-refractivity contribution in [3.05, 3.63) is 83.5 Å². The third-order valence-electron chi connectivity index (χ3n) is 18.1. The van der Waals surface area contributed by atoms with Gasteiger partial charge in [0, 0.05) is 120 Å². The number of allylic oxidation sites excluding steroid dienone is 5. The molecule has 480 valence electrons. The van der Waals surface area contributed by atoms with Crippen LogP contribution in [0.25, 0.3) is 0 Å². The van der Waals surface area contributed by atoms with Crippen molar-refractivity contribution in [3.63, 3.8) is 0 Å². The van der Waals surface area contributed by atoms with Gasteiger partial charge < -0.3 is 69.9 Å². The van der Waals surface area contributed by atoms with Gasteiger partial charge in [-0.3, -0.25) is 14.4 Å². The van der Waals surface area contributed by atoms with Gasteiger partial charge in [-0.15, -0.1) is 0 Å². The quantitative estimate of drug-likeness (QED) is 0.102. The number of esters is 1. The molecule has 2 bridgehead atoms. The van der Waals surface area contributed by atoms with Crippen LogP contribution in [0.4, 0.5) is 16.7 Å². The second-order valence-electron chi connectivity index (χ2n) is 24.9. The van der Waals surface area contributed by atoms with E-state index in [4.69, 9.17) is 29.4 Å². The number of aliphatic hydroxyl groups excluding tert-OH is 3. The Morgan fingerprint density at radius 1 is 0.770 bits per heavy atom. The van der Waals surface area contributed by atoms with E-state index in [0.29, 0.717) is 81.9 Å². The van der Waals surface area contributed by atoms with Gasteiger partial charge in [-0.25, -0.2) is 29.5 Å². The number of methoxy groups -OCH3 is 2. The van der Waals surface area contributed by atoms with Crippen LogP contribution in [0.1, 0.15) is 130 Å². The third kappa shape index (κ3) is 18.3. The fraction of sp³-hybridized carbons (Fsp3) is 0.672. The number of hydrogen-bond acceptors (Lipinski definition) is 21. The number of ketones is 2. The first-order valence-corrected chi connectivity index (χ1v) is 31.1. The second kappa shape index (κ2) is 31.9. The zero-order valence-electron chi connectivity index (χ0n) is 52.2. The molecule has 6 heterocycles. The Morgan fingerprint density at radius 2 is 1.44 bits per heavy atom. The number of nitrogens with one attached hydrogen (secondary N) is 1. The number of ether oxygens (including phenoxy) is 5. The van der Waals surface area contributed by atoms with E-state index in [1.165, 1.54) is 7.11 Å². The average Bonchev–Trinajstić information content (AvgIpc) is 1.05. The molecule has 87 heavy (non-hydrogen) atoms. The molecule has 1 aliphatic carbocycles. The number of piperazine rings is 1. The monoisotopic (exact) mass is 1210 g/mol.